The van der Waals surface area contributed by atoms with Crippen molar-refractivity contribution in [2.24, 2.45) is 0 Å². The van der Waals surface area contributed by atoms with E-state index >= 15 is 0 Å². The zero-order valence-electron chi connectivity index (χ0n) is 9.19. The Balaban J connectivity index is 2.20. The summed E-state index contributed by atoms with van der Waals surface area (Å²) in [4.78, 5) is 8.29. The molecule has 0 aliphatic heterocycles. The van der Waals surface area contributed by atoms with Gasteiger partial charge in [0.1, 0.15) is 0 Å². The number of hydrogen-bond donors (Lipinski definition) is 3. The maximum absolute atomic E-state index is 9.39. The number of fused-ring (bicyclic) bond motifs is 1. The number of aromatic hydroxyl groups is 1. The Morgan fingerprint density at radius 1 is 1.35 bits per heavy atom. The number of rotatable bonds is 1. The van der Waals surface area contributed by atoms with Gasteiger partial charge in [-0.25, -0.2) is 4.98 Å². The number of benzene rings is 1. The molecule has 0 atom stereocenters. The van der Waals surface area contributed by atoms with Crippen LogP contribution in [0.4, 0.5) is 5.13 Å². The van der Waals surface area contributed by atoms with E-state index < -0.39 is 0 Å². The second kappa shape index (κ2) is 3.49. The zero-order chi connectivity index (χ0) is 12.0. The molecule has 3 rings (SSSR count). The van der Waals surface area contributed by atoms with E-state index in [0.29, 0.717) is 5.13 Å². The Morgan fingerprint density at radius 2 is 2.18 bits per heavy atom. The highest BCUT2D eigenvalue weighted by atomic mass is 32.1. The van der Waals surface area contributed by atoms with Crippen molar-refractivity contribution in [3.05, 3.63) is 29.1 Å². The maximum atomic E-state index is 9.39. The minimum absolute atomic E-state index is 0.173. The van der Waals surface area contributed by atoms with Crippen LogP contribution in [0.2, 0.25) is 0 Å². The van der Waals surface area contributed by atoms with Crippen molar-refractivity contribution in [1.82, 2.24) is 9.97 Å². The number of nitrogens with zero attached hydrogens (tertiary/aromatic N) is 1. The Hall–Kier alpha value is -2.01. The number of nitrogen functional groups attached to an aromatic ring is 1. The first-order valence-corrected chi connectivity index (χ1v) is 6.00. The highest BCUT2D eigenvalue weighted by Crippen LogP contribution is 2.31. The Labute approximate surface area is 102 Å². The van der Waals surface area contributed by atoms with Crippen LogP contribution in [0.1, 0.15) is 4.88 Å². The molecule has 2 heterocycles. The number of anilines is 1. The van der Waals surface area contributed by atoms with Crippen LogP contribution in [-0.4, -0.2) is 15.1 Å². The lowest BCUT2D eigenvalue weighted by Crippen LogP contribution is -1.83. The van der Waals surface area contributed by atoms with E-state index in [9.17, 15) is 5.11 Å². The van der Waals surface area contributed by atoms with Gasteiger partial charge in [-0.3, -0.25) is 0 Å². The molecule has 3 aromatic rings. The molecule has 0 saturated heterocycles. The van der Waals surface area contributed by atoms with Gasteiger partial charge in [0.2, 0.25) is 0 Å². The predicted octanol–water partition coefficient (Wildman–Crippen LogP) is 2.89. The number of nitrogens with one attached hydrogen (secondary N) is 1. The molecule has 0 spiro atoms. The van der Waals surface area contributed by atoms with E-state index in [0.717, 1.165) is 27.0 Å². The SMILES string of the molecule is Cc1sc(N)nc1-c1ccc2[nH]c(O)cc2c1. The lowest BCUT2D eigenvalue weighted by molar-refractivity contribution is 0.458. The van der Waals surface area contributed by atoms with Crippen LogP contribution in [0.5, 0.6) is 5.88 Å². The summed E-state index contributed by atoms with van der Waals surface area (Å²) in [5, 5.41) is 10.9. The molecule has 0 aliphatic carbocycles. The van der Waals surface area contributed by atoms with Crippen LogP contribution in [-0.2, 0) is 0 Å². The molecule has 0 aliphatic rings. The number of nitrogens with two attached hydrogens (primary N) is 1. The third kappa shape index (κ3) is 1.64. The van der Waals surface area contributed by atoms with E-state index in [1.807, 2.05) is 25.1 Å². The van der Waals surface area contributed by atoms with Gasteiger partial charge in [-0.05, 0) is 19.1 Å². The Morgan fingerprint density at radius 3 is 2.88 bits per heavy atom. The minimum atomic E-state index is 0.173. The van der Waals surface area contributed by atoms with Gasteiger partial charge < -0.3 is 15.8 Å². The molecule has 1 aromatic carbocycles. The summed E-state index contributed by atoms with van der Waals surface area (Å²) < 4.78 is 0. The molecular weight excluding hydrogens is 234 g/mol. The molecule has 4 nitrogen and oxygen atoms in total. The van der Waals surface area contributed by atoms with Crippen LogP contribution in [0.25, 0.3) is 22.2 Å². The van der Waals surface area contributed by atoms with Gasteiger partial charge in [-0.15, -0.1) is 11.3 Å². The van der Waals surface area contributed by atoms with Crippen molar-refractivity contribution in [2.75, 3.05) is 5.73 Å². The first-order chi connectivity index (χ1) is 8.13. The molecule has 0 radical (unpaired) electrons. The van der Waals surface area contributed by atoms with Gasteiger partial charge in [0.05, 0.1) is 5.69 Å². The van der Waals surface area contributed by atoms with E-state index in [1.165, 1.54) is 11.3 Å². The largest absolute Gasteiger partial charge is 0.495 e. The Bertz CT molecular complexity index is 699. The highest BCUT2D eigenvalue weighted by Gasteiger charge is 2.09. The number of aromatic nitrogens is 2. The number of H-pyrrole nitrogens is 1. The van der Waals surface area contributed by atoms with E-state index in [-0.39, 0.29) is 5.88 Å². The van der Waals surface area contributed by atoms with Crippen LogP contribution >= 0.6 is 11.3 Å². The molecule has 0 bridgehead atoms. The average Bonchev–Trinajstić information content (AvgIpc) is 2.78. The maximum Gasteiger partial charge on any atom is 0.189 e. The highest BCUT2D eigenvalue weighted by molar-refractivity contribution is 7.15. The van der Waals surface area contributed by atoms with Crippen molar-refractivity contribution in [3.8, 4) is 17.1 Å². The first kappa shape index (κ1) is 10.2. The fourth-order valence-electron chi connectivity index (χ4n) is 1.95. The predicted molar refractivity (Wildman–Crippen MR) is 70.2 cm³/mol. The van der Waals surface area contributed by atoms with Crippen LogP contribution < -0.4 is 5.73 Å². The van der Waals surface area contributed by atoms with E-state index in [1.54, 1.807) is 6.07 Å². The minimum Gasteiger partial charge on any atom is -0.495 e. The second-order valence-electron chi connectivity index (χ2n) is 3.91. The van der Waals surface area contributed by atoms with Gasteiger partial charge in [0.15, 0.2) is 11.0 Å². The molecule has 17 heavy (non-hydrogen) atoms. The summed E-state index contributed by atoms with van der Waals surface area (Å²) in [5.74, 6) is 0.173. The smallest absolute Gasteiger partial charge is 0.189 e. The van der Waals surface area contributed by atoms with Crippen LogP contribution in [0.3, 0.4) is 0 Å². The molecule has 86 valence electrons. The van der Waals surface area contributed by atoms with Crippen molar-refractivity contribution < 1.29 is 5.11 Å². The number of hydrogen-bond acceptors (Lipinski definition) is 4. The third-order valence-corrected chi connectivity index (χ3v) is 3.49. The molecule has 5 heteroatoms. The summed E-state index contributed by atoms with van der Waals surface area (Å²) in [7, 11) is 0. The first-order valence-electron chi connectivity index (χ1n) is 5.18. The van der Waals surface area contributed by atoms with Crippen LogP contribution in [0, 0.1) is 6.92 Å². The molecule has 4 N–H and O–H groups in total. The molecule has 0 fully saturated rings. The van der Waals surface area contributed by atoms with Gasteiger partial charge in [-0.1, -0.05) is 6.07 Å². The van der Waals surface area contributed by atoms with Crippen molar-refractivity contribution in [1.29, 1.82) is 0 Å². The topological polar surface area (TPSA) is 74.9 Å². The normalized spacial score (nSPS) is 11.1. The molecule has 0 amide bonds. The van der Waals surface area contributed by atoms with Gasteiger partial charge in [0.25, 0.3) is 0 Å². The molecule has 2 aromatic heterocycles. The van der Waals surface area contributed by atoms with E-state index in [2.05, 4.69) is 9.97 Å². The molecular formula is C12H11N3OS. The van der Waals surface area contributed by atoms with Crippen molar-refractivity contribution >= 4 is 27.4 Å². The summed E-state index contributed by atoms with van der Waals surface area (Å²) in [6, 6.07) is 7.59. The monoisotopic (exact) mass is 245 g/mol. The third-order valence-electron chi connectivity index (χ3n) is 2.69. The fraction of sp³-hybridized carbons (Fsp3) is 0.0833. The average molecular weight is 245 g/mol. The lowest BCUT2D eigenvalue weighted by Gasteiger charge is -1.98. The Kier molecular flexibility index (Phi) is 2.09. The molecule has 0 unspecified atom stereocenters. The fourth-order valence-corrected chi connectivity index (χ4v) is 2.66. The van der Waals surface area contributed by atoms with Gasteiger partial charge >= 0.3 is 0 Å². The van der Waals surface area contributed by atoms with Crippen molar-refractivity contribution in [3.63, 3.8) is 0 Å². The van der Waals surface area contributed by atoms with Gasteiger partial charge in [0, 0.05) is 27.4 Å². The van der Waals surface area contributed by atoms with Gasteiger partial charge in [-0.2, -0.15) is 0 Å². The standard InChI is InChI=1S/C12H11N3OS/c1-6-11(15-12(13)17-6)7-2-3-9-8(4-7)5-10(16)14-9/h2-5,14,16H,1H3,(H2,13,15). The second-order valence-corrected chi connectivity index (χ2v) is 5.15. The number of aryl methyl sites for hydroxylation is 1. The summed E-state index contributed by atoms with van der Waals surface area (Å²) in [6.07, 6.45) is 0. The summed E-state index contributed by atoms with van der Waals surface area (Å²) in [6.45, 7) is 2.00. The zero-order valence-corrected chi connectivity index (χ0v) is 10.0. The summed E-state index contributed by atoms with van der Waals surface area (Å²) in [5.41, 5.74) is 8.53. The summed E-state index contributed by atoms with van der Waals surface area (Å²) >= 11 is 1.48. The lowest BCUT2D eigenvalue weighted by atomic mass is 10.1. The van der Waals surface area contributed by atoms with E-state index in [4.69, 9.17) is 5.73 Å². The number of aromatic amines is 1. The van der Waals surface area contributed by atoms with Crippen molar-refractivity contribution in [2.45, 2.75) is 6.92 Å². The number of thiazole rings is 1. The molecule has 0 saturated carbocycles. The quantitative estimate of drug-likeness (QED) is 0.617. The van der Waals surface area contributed by atoms with Crippen LogP contribution in [0.15, 0.2) is 24.3 Å².